The Hall–Kier alpha value is -14.1. The summed E-state index contributed by atoms with van der Waals surface area (Å²) in [6, 6.07) is 98.9. The quantitative estimate of drug-likeness (QED) is 0.135. The van der Waals surface area contributed by atoms with E-state index in [0.29, 0.717) is 34.9 Å². The van der Waals surface area contributed by atoms with E-state index >= 15 is 0 Å². The zero-order valence-corrected chi connectivity index (χ0v) is 53.8. The molecule has 8 aromatic heterocycles. The van der Waals surface area contributed by atoms with Crippen LogP contribution >= 0.6 is 0 Å². The number of para-hydroxylation sites is 2. The van der Waals surface area contributed by atoms with Crippen LogP contribution in [0.5, 0.6) is 0 Å². The molecule has 12 heteroatoms. The van der Waals surface area contributed by atoms with Crippen molar-refractivity contribution in [3.05, 3.63) is 291 Å². The summed E-state index contributed by atoms with van der Waals surface area (Å²) >= 11 is 0. The lowest BCUT2D eigenvalue weighted by Gasteiger charge is -2.10. The van der Waals surface area contributed by atoms with E-state index in [4.69, 9.17) is 56.4 Å². The number of furan rings is 6. The Morgan fingerprint density at radius 2 is 0.500 bits per heavy atom. The standard InChI is InChI=1S/C90H48N6O6/c1-4-16-49(17-5-1)85-91-86(50-18-6-2-7-19-50)94-89(93-85)64-27-14-30-73-82(64)62-37-33-55(43-76(62)99-73)54-32-36-60-68-46-70-66-41-53(35-39-72(66)98-80(70)47-79(68)101-75(60)42-54)52-22-12-23-57(40-52)88-92-87(51-20-8-3-9-21-51)95-90(96-88)65-28-15-31-74-83(65)63-38-34-56(44-77(63)100-74)58-25-13-26-61-69-45-67-59-24-10-11-29-71(59)97-78(67)48-81(69)102-84(58)61/h1-48H. The van der Waals surface area contributed by atoms with Gasteiger partial charge < -0.3 is 26.5 Å². The maximum Gasteiger partial charge on any atom is 0.164 e. The normalized spacial score (nSPS) is 12.1. The summed E-state index contributed by atoms with van der Waals surface area (Å²) in [6.07, 6.45) is 0. The molecule has 0 fully saturated rings. The summed E-state index contributed by atoms with van der Waals surface area (Å²) in [5, 5.41) is 11.9. The van der Waals surface area contributed by atoms with Crippen molar-refractivity contribution in [2.24, 2.45) is 0 Å². The Balaban J connectivity index is 0.589. The van der Waals surface area contributed by atoms with E-state index in [1.165, 1.54) is 0 Å². The van der Waals surface area contributed by atoms with E-state index in [0.717, 1.165) is 198 Å². The molecule has 22 aromatic rings. The Labute approximate surface area is 577 Å². The average Bonchev–Trinajstić information content (AvgIpc) is 1.55. The molecule has 0 radical (unpaired) electrons. The van der Waals surface area contributed by atoms with E-state index < -0.39 is 0 Å². The van der Waals surface area contributed by atoms with E-state index in [1.54, 1.807) is 0 Å². The highest BCUT2D eigenvalue weighted by molar-refractivity contribution is 6.20. The predicted octanol–water partition coefficient (Wildman–Crippen LogP) is 24.5. The Morgan fingerprint density at radius 1 is 0.157 bits per heavy atom. The highest BCUT2D eigenvalue weighted by Crippen LogP contribution is 2.46. The second kappa shape index (κ2) is 21.7. The van der Waals surface area contributed by atoms with Gasteiger partial charge in [0.2, 0.25) is 0 Å². The lowest BCUT2D eigenvalue weighted by molar-refractivity contribution is 0.655. The molecule has 22 rings (SSSR count). The Morgan fingerprint density at radius 3 is 1.11 bits per heavy atom. The van der Waals surface area contributed by atoms with Gasteiger partial charge in [-0.1, -0.05) is 194 Å². The van der Waals surface area contributed by atoms with Crippen molar-refractivity contribution < 1.29 is 26.5 Å². The third kappa shape index (κ3) is 8.82. The molecule has 0 spiro atoms. The van der Waals surface area contributed by atoms with Crippen LogP contribution in [0.1, 0.15) is 0 Å². The molecule has 12 nitrogen and oxygen atoms in total. The maximum absolute atomic E-state index is 6.75. The van der Waals surface area contributed by atoms with Gasteiger partial charge >= 0.3 is 0 Å². The van der Waals surface area contributed by atoms with Crippen molar-refractivity contribution in [1.82, 2.24) is 29.9 Å². The van der Waals surface area contributed by atoms with Crippen LogP contribution in [-0.2, 0) is 0 Å². The number of benzene rings is 14. The first-order chi connectivity index (χ1) is 50.4. The Bertz CT molecular complexity index is 7210. The fraction of sp³-hybridized carbons (Fsp3) is 0. The van der Waals surface area contributed by atoms with Gasteiger partial charge in [-0.25, -0.2) is 29.9 Å². The summed E-state index contributed by atoms with van der Waals surface area (Å²) in [6.45, 7) is 0. The minimum atomic E-state index is 0.529. The summed E-state index contributed by atoms with van der Waals surface area (Å²) < 4.78 is 39.6. The molecule has 14 aromatic carbocycles. The fourth-order valence-corrected chi connectivity index (χ4v) is 15.1. The second-order valence-electron chi connectivity index (χ2n) is 26.0. The third-order valence-electron chi connectivity index (χ3n) is 20.0. The van der Waals surface area contributed by atoms with Crippen molar-refractivity contribution in [1.29, 1.82) is 0 Å². The number of hydrogen-bond donors (Lipinski definition) is 0. The highest BCUT2D eigenvalue weighted by Gasteiger charge is 2.24. The van der Waals surface area contributed by atoms with Gasteiger partial charge in [0.1, 0.15) is 67.0 Å². The van der Waals surface area contributed by atoms with Gasteiger partial charge in [-0.2, -0.15) is 0 Å². The van der Waals surface area contributed by atoms with E-state index in [9.17, 15) is 0 Å². The largest absolute Gasteiger partial charge is 0.456 e. The van der Waals surface area contributed by atoms with Gasteiger partial charge in [0, 0.05) is 116 Å². The topological polar surface area (TPSA) is 156 Å². The predicted molar refractivity (Wildman–Crippen MR) is 406 cm³/mol. The van der Waals surface area contributed by atoms with Crippen molar-refractivity contribution in [2.45, 2.75) is 0 Å². The molecule has 8 heterocycles. The molecular formula is C90H48N6O6. The van der Waals surface area contributed by atoms with Crippen molar-refractivity contribution in [2.75, 3.05) is 0 Å². The van der Waals surface area contributed by atoms with Crippen LogP contribution in [0.4, 0.5) is 0 Å². The molecule has 0 N–H and O–H groups in total. The molecule has 0 saturated heterocycles. The molecule has 0 aliphatic carbocycles. The summed E-state index contributed by atoms with van der Waals surface area (Å²) in [5.74, 6) is 3.39. The van der Waals surface area contributed by atoms with Crippen LogP contribution in [0.25, 0.3) is 233 Å². The molecule has 0 aliphatic rings. The van der Waals surface area contributed by atoms with Crippen molar-refractivity contribution >= 4 is 132 Å². The van der Waals surface area contributed by atoms with Gasteiger partial charge in [0.25, 0.3) is 0 Å². The minimum absolute atomic E-state index is 0.529. The molecule has 0 aliphatic heterocycles. The van der Waals surface area contributed by atoms with Crippen LogP contribution in [0.15, 0.2) is 318 Å². The minimum Gasteiger partial charge on any atom is -0.456 e. The SMILES string of the molecule is c1ccc(-c2nc(-c3ccccc3)nc(-c3cccc4oc5cc(-c6ccc7c(c6)oc6cc8oc9ccc(-c%10cccc(-c%11nc(-c%12ccccc%12)nc(-c%12cccc%13oc%14cc(-c%15cccc%16c%15oc%15cc%17oc%18ccccc%18c%17cc%15%16)ccc%14c%12%13)n%11)c%10)cc9c8cc67)ccc5c34)n2)cc1. The van der Waals surface area contributed by atoms with Crippen molar-refractivity contribution in [3.8, 4) is 102 Å². The van der Waals surface area contributed by atoms with Crippen LogP contribution in [0.3, 0.4) is 0 Å². The summed E-state index contributed by atoms with van der Waals surface area (Å²) in [5.41, 5.74) is 20.3. The molecule has 0 unspecified atom stereocenters. The second-order valence-corrected chi connectivity index (χ2v) is 26.0. The average molecular weight is 1310 g/mol. The van der Waals surface area contributed by atoms with Gasteiger partial charge in [0.05, 0.1) is 0 Å². The highest BCUT2D eigenvalue weighted by atomic mass is 16.4. The smallest absolute Gasteiger partial charge is 0.164 e. The molecule has 0 atom stereocenters. The maximum atomic E-state index is 6.75. The molecule has 0 amide bonds. The number of aromatic nitrogens is 6. The number of hydrogen-bond acceptors (Lipinski definition) is 12. The first-order valence-electron chi connectivity index (χ1n) is 33.8. The molecular weight excluding hydrogens is 1260 g/mol. The zero-order chi connectivity index (χ0) is 66.7. The van der Waals surface area contributed by atoms with Gasteiger partial charge in [-0.05, 0) is 113 Å². The number of rotatable bonds is 9. The lowest BCUT2D eigenvalue weighted by atomic mass is 9.99. The third-order valence-corrected chi connectivity index (χ3v) is 20.0. The molecule has 0 saturated carbocycles. The van der Waals surface area contributed by atoms with Crippen LogP contribution in [0.2, 0.25) is 0 Å². The Kier molecular flexibility index (Phi) is 11.9. The van der Waals surface area contributed by atoms with E-state index in [-0.39, 0.29) is 0 Å². The van der Waals surface area contributed by atoms with Crippen molar-refractivity contribution in [3.63, 3.8) is 0 Å². The van der Waals surface area contributed by atoms with Crippen LogP contribution in [-0.4, -0.2) is 29.9 Å². The van der Waals surface area contributed by atoms with E-state index in [2.05, 4.69) is 140 Å². The summed E-state index contributed by atoms with van der Waals surface area (Å²) in [4.78, 5) is 30.8. The van der Waals surface area contributed by atoms with Gasteiger partial charge in [0.15, 0.2) is 34.9 Å². The van der Waals surface area contributed by atoms with Gasteiger partial charge in [-0.3, -0.25) is 0 Å². The van der Waals surface area contributed by atoms with Gasteiger partial charge in [-0.15, -0.1) is 0 Å². The first-order valence-corrected chi connectivity index (χ1v) is 33.8. The molecule has 0 bridgehead atoms. The zero-order valence-electron chi connectivity index (χ0n) is 53.8. The lowest BCUT2D eigenvalue weighted by Crippen LogP contribution is -2.00. The monoisotopic (exact) mass is 1310 g/mol. The van der Waals surface area contributed by atoms with Crippen LogP contribution < -0.4 is 0 Å². The van der Waals surface area contributed by atoms with E-state index in [1.807, 2.05) is 152 Å². The number of fused-ring (bicyclic) bond motifs is 18. The fourth-order valence-electron chi connectivity index (χ4n) is 15.1. The van der Waals surface area contributed by atoms with Crippen LogP contribution in [0, 0.1) is 0 Å². The molecule has 102 heavy (non-hydrogen) atoms. The first kappa shape index (κ1) is 56.0. The number of nitrogens with zero attached hydrogens (tertiary/aromatic N) is 6. The summed E-state index contributed by atoms with van der Waals surface area (Å²) in [7, 11) is 0. The molecule has 474 valence electrons.